The molecular weight excluding hydrogens is 309 g/mol. The Morgan fingerprint density at radius 1 is 1.21 bits per heavy atom. The number of carbonyl (C=O) groups is 1. The van der Waals surface area contributed by atoms with Gasteiger partial charge in [-0.2, -0.15) is 0 Å². The zero-order valence-electron chi connectivity index (χ0n) is 13.2. The normalized spacial score (nSPS) is 11.0. The largest absolute Gasteiger partial charge is 0.288 e. The molecule has 0 spiro atoms. The van der Waals surface area contributed by atoms with E-state index in [1.807, 2.05) is 24.3 Å². The first-order valence-electron chi connectivity index (χ1n) is 7.50. The summed E-state index contributed by atoms with van der Waals surface area (Å²) in [6, 6.07) is 10.3. The second-order valence-electron chi connectivity index (χ2n) is 5.80. The van der Waals surface area contributed by atoms with E-state index in [0.717, 1.165) is 11.6 Å². The van der Waals surface area contributed by atoms with Crippen LogP contribution < -0.4 is 5.48 Å². The monoisotopic (exact) mass is 325 g/mol. The summed E-state index contributed by atoms with van der Waals surface area (Å²) >= 11 is 0. The maximum absolute atomic E-state index is 14.2. The Morgan fingerprint density at radius 2 is 1.92 bits per heavy atom. The maximum Gasteiger partial charge on any atom is 0.274 e. The predicted octanol–water partition coefficient (Wildman–Crippen LogP) is 3.68. The number of nitrogens with one attached hydrogen (secondary N) is 1. The second-order valence-corrected chi connectivity index (χ2v) is 5.80. The molecule has 1 heterocycles. The average molecular weight is 325 g/mol. The molecule has 24 heavy (non-hydrogen) atoms. The molecule has 1 amide bonds. The first kappa shape index (κ1) is 16.0. The highest BCUT2D eigenvalue weighted by Crippen LogP contribution is 2.24. The van der Waals surface area contributed by atoms with Gasteiger partial charge >= 0.3 is 0 Å². The Balaban J connectivity index is 2.05. The molecule has 122 valence electrons. The van der Waals surface area contributed by atoms with Crippen LogP contribution in [0.3, 0.4) is 0 Å². The number of rotatable bonds is 3. The molecular formula is C18H16FN3O2. The van der Waals surface area contributed by atoms with Crippen LogP contribution in [0.25, 0.3) is 22.3 Å². The second kappa shape index (κ2) is 6.33. The molecule has 0 radical (unpaired) electrons. The van der Waals surface area contributed by atoms with Crippen molar-refractivity contribution in [1.29, 1.82) is 0 Å². The van der Waals surface area contributed by atoms with Crippen LogP contribution in [0.1, 0.15) is 35.7 Å². The van der Waals surface area contributed by atoms with Crippen molar-refractivity contribution < 1.29 is 14.4 Å². The van der Waals surface area contributed by atoms with Gasteiger partial charge in [0.05, 0.1) is 17.4 Å². The van der Waals surface area contributed by atoms with Gasteiger partial charge in [-0.05, 0) is 23.6 Å². The van der Waals surface area contributed by atoms with Crippen LogP contribution >= 0.6 is 0 Å². The van der Waals surface area contributed by atoms with E-state index >= 15 is 0 Å². The minimum Gasteiger partial charge on any atom is -0.288 e. The lowest BCUT2D eigenvalue weighted by Gasteiger charge is -2.08. The number of benzene rings is 2. The van der Waals surface area contributed by atoms with Crippen LogP contribution in [0.4, 0.5) is 4.39 Å². The van der Waals surface area contributed by atoms with Gasteiger partial charge in [0.2, 0.25) is 0 Å². The van der Waals surface area contributed by atoms with Gasteiger partial charge in [0, 0.05) is 11.1 Å². The van der Waals surface area contributed by atoms with Crippen LogP contribution in [-0.4, -0.2) is 21.1 Å². The summed E-state index contributed by atoms with van der Waals surface area (Å²) in [5.74, 6) is -1.04. The molecule has 0 atom stereocenters. The molecule has 2 aromatic carbocycles. The number of halogens is 1. The van der Waals surface area contributed by atoms with Crippen molar-refractivity contribution in [1.82, 2.24) is 15.4 Å². The third-order valence-electron chi connectivity index (χ3n) is 3.84. The lowest BCUT2D eigenvalue weighted by molar-refractivity contribution is 0.0706. The lowest BCUT2D eigenvalue weighted by atomic mass is 10.0. The molecule has 5 nitrogen and oxygen atoms in total. The Hall–Kier alpha value is -2.86. The summed E-state index contributed by atoms with van der Waals surface area (Å²) in [6.45, 7) is 4.22. The molecule has 0 aliphatic rings. The predicted molar refractivity (Wildman–Crippen MR) is 88.3 cm³/mol. The van der Waals surface area contributed by atoms with E-state index in [1.54, 1.807) is 0 Å². The van der Waals surface area contributed by atoms with Gasteiger partial charge in [-0.25, -0.2) is 14.9 Å². The van der Waals surface area contributed by atoms with Crippen molar-refractivity contribution in [3.8, 4) is 11.3 Å². The van der Waals surface area contributed by atoms with E-state index in [-0.39, 0.29) is 16.6 Å². The number of hydrogen-bond acceptors (Lipinski definition) is 4. The van der Waals surface area contributed by atoms with Crippen molar-refractivity contribution >= 4 is 16.9 Å². The number of hydrogen-bond donors (Lipinski definition) is 2. The first-order chi connectivity index (χ1) is 11.5. The number of amides is 1. The Labute approximate surface area is 138 Å². The third kappa shape index (κ3) is 2.96. The molecule has 3 rings (SSSR count). The van der Waals surface area contributed by atoms with Gasteiger partial charge in [0.1, 0.15) is 5.52 Å². The number of hydroxylamine groups is 1. The molecule has 1 aromatic heterocycles. The van der Waals surface area contributed by atoms with Gasteiger partial charge < -0.3 is 0 Å². The number of nitrogens with zero attached hydrogens (tertiary/aromatic N) is 2. The molecule has 0 bridgehead atoms. The van der Waals surface area contributed by atoms with Gasteiger partial charge in [0.15, 0.2) is 5.82 Å². The molecule has 0 aliphatic carbocycles. The van der Waals surface area contributed by atoms with E-state index in [9.17, 15) is 9.18 Å². The summed E-state index contributed by atoms with van der Waals surface area (Å²) in [7, 11) is 0. The van der Waals surface area contributed by atoms with E-state index in [0.29, 0.717) is 11.6 Å². The van der Waals surface area contributed by atoms with E-state index in [1.165, 1.54) is 23.3 Å². The van der Waals surface area contributed by atoms with E-state index in [4.69, 9.17) is 5.21 Å². The van der Waals surface area contributed by atoms with Gasteiger partial charge in [0.25, 0.3) is 5.91 Å². The highest BCUT2D eigenvalue weighted by atomic mass is 19.1. The zero-order chi connectivity index (χ0) is 17.3. The summed E-state index contributed by atoms with van der Waals surface area (Å²) in [4.78, 5) is 19.9. The van der Waals surface area contributed by atoms with E-state index in [2.05, 4.69) is 23.8 Å². The Morgan fingerprint density at radius 3 is 2.54 bits per heavy atom. The molecule has 0 aliphatic heterocycles. The number of aromatic nitrogens is 2. The number of fused-ring (bicyclic) bond motifs is 1. The molecule has 0 saturated carbocycles. The average Bonchev–Trinajstić information content (AvgIpc) is 2.60. The van der Waals surface area contributed by atoms with Gasteiger partial charge in [-0.3, -0.25) is 15.0 Å². The molecule has 3 aromatic rings. The van der Waals surface area contributed by atoms with E-state index < -0.39 is 11.7 Å². The standard InChI is InChI=1S/C18H16FN3O2/c1-10(2)11-3-5-12(6-4-11)16-9-20-15-8-13(18(23)22-24)7-14(19)17(15)21-16/h3-10,24H,1-2H3,(H,22,23). The topological polar surface area (TPSA) is 75.1 Å². The highest BCUT2D eigenvalue weighted by Gasteiger charge is 2.13. The third-order valence-corrected chi connectivity index (χ3v) is 3.84. The lowest BCUT2D eigenvalue weighted by Crippen LogP contribution is -2.18. The number of carbonyl (C=O) groups excluding carboxylic acids is 1. The fourth-order valence-corrected chi connectivity index (χ4v) is 2.45. The molecule has 0 unspecified atom stereocenters. The molecule has 0 fully saturated rings. The SMILES string of the molecule is CC(C)c1ccc(-c2cnc3cc(C(=O)NO)cc(F)c3n2)cc1. The Kier molecular flexibility index (Phi) is 4.22. The van der Waals surface area contributed by atoms with Crippen LogP contribution in [0.5, 0.6) is 0 Å². The van der Waals surface area contributed by atoms with Crippen LogP contribution in [-0.2, 0) is 0 Å². The van der Waals surface area contributed by atoms with Crippen molar-refractivity contribution in [2.24, 2.45) is 0 Å². The quantitative estimate of drug-likeness (QED) is 0.569. The summed E-state index contributed by atoms with van der Waals surface area (Å²) < 4.78 is 14.2. The zero-order valence-corrected chi connectivity index (χ0v) is 13.2. The van der Waals surface area contributed by atoms with Crippen LogP contribution in [0.15, 0.2) is 42.6 Å². The molecule has 0 saturated heterocycles. The van der Waals surface area contributed by atoms with Crippen molar-refractivity contribution in [3.05, 3.63) is 59.5 Å². The summed E-state index contributed by atoms with van der Waals surface area (Å²) in [6.07, 6.45) is 1.53. The highest BCUT2D eigenvalue weighted by molar-refractivity contribution is 5.96. The minimum atomic E-state index is -0.800. The van der Waals surface area contributed by atoms with Crippen LogP contribution in [0, 0.1) is 5.82 Å². The van der Waals surface area contributed by atoms with Crippen molar-refractivity contribution in [3.63, 3.8) is 0 Å². The van der Waals surface area contributed by atoms with Gasteiger partial charge in [-0.15, -0.1) is 0 Å². The van der Waals surface area contributed by atoms with Gasteiger partial charge in [-0.1, -0.05) is 38.1 Å². The van der Waals surface area contributed by atoms with Crippen molar-refractivity contribution in [2.45, 2.75) is 19.8 Å². The fraction of sp³-hybridized carbons (Fsp3) is 0.167. The van der Waals surface area contributed by atoms with Crippen molar-refractivity contribution in [2.75, 3.05) is 0 Å². The minimum absolute atomic E-state index is 0.0224. The maximum atomic E-state index is 14.2. The Bertz CT molecular complexity index is 908. The smallest absolute Gasteiger partial charge is 0.274 e. The summed E-state index contributed by atoms with van der Waals surface area (Å²) in [5.41, 5.74) is 4.37. The molecule has 6 heteroatoms. The summed E-state index contributed by atoms with van der Waals surface area (Å²) in [5, 5.41) is 8.65. The first-order valence-corrected chi connectivity index (χ1v) is 7.50. The van der Waals surface area contributed by atoms with Crippen LogP contribution in [0.2, 0.25) is 0 Å². The fourth-order valence-electron chi connectivity index (χ4n) is 2.45. The molecule has 2 N–H and O–H groups in total.